The average Bonchev–Trinajstić information content (AvgIpc) is 2.59. The summed E-state index contributed by atoms with van der Waals surface area (Å²) in [7, 11) is 5.86. The molecule has 110 valence electrons. The van der Waals surface area contributed by atoms with Gasteiger partial charge in [-0.2, -0.15) is 0 Å². The standard InChI is InChI=1S/C19H14BNO2/c1-13-15-9-5-6-10-16(15)21(20)19(23)18(13)17(22)12-11-14-7-3-2-4-8-14/h2-12H,1H3/b12-11+. The lowest BCUT2D eigenvalue weighted by Crippen LogP contribution is -2.26. The van der Waals surface area contributed by atoms with Gasteiger partial charge in [0.25, 0.3) is 0 Å². The van der Waals surface area contributed by atoms with E-state index in [-0.39, 0.29) is 11.3 Å². The van der Waals surface area contributed by atoms with Gasteiger partial charge in [0.2, 0.25) is 13.5 Å². The first-order valence-corrected chi connectivity index (χ1v) is 7.26. The Morgan fingerprint density at radius 2 is 1.70 bits per heavy atom. The van der Waals surface area contributed by atoms with Crippen LogP contribution in [0.1, 0.15) is 21.5 Å². The Kier molecular flexibility index (Phi) is 3.98. The minimum atomic E-state index is -0.482. The van der Waals surface area contributed by atoms with Gasteiger partial charge >= 0.3 is 0 Å². The topological polar surface area (TPSA) is 39.1 Å². The molecule has 0 saturated carbocycles. The van der Waals surface area contributed by atoms with E-state index in [4.69, 9.17) is 7.98 Å². The number of hydrogen-bond acceptors (Lipinski definition) is 2. The van der Waals surface area contributed by atoms with E-state index in [1.807, 2.05) is 42.5 Å². The normalized spacial score (nSPS) is 11.2. The zero-order valence-electron chi connectivity index (χ0n) is 12.7. The zero-order valence-corrected chi connectivity index (χ0v) is 12.7. The number of pyridine rings is 1. The van der Waals surface area contributed by atoms with Crippen LogP contribution in [-0.2, 0) is 0 Å². The van der Waals surface area contributed by atoms with Gasteiger partial charge in [0.05, 0.1) is 5.56 Å². The van der Waals surface area contributed by atoms with Crippen molar-refractivity contribution in [3.8, 4) is 0 Å². The van der Waals surface area contributed by atoms with Gasteiger partial charge in [-0.15, -0.1) is 0 Å². The molecule has 0 fully saturated rings. The lowest BCUT2D eigenvalue weighted by atomic mass is 9.99. The first-order chi connectivity index (χ1) is 11.1. The molecule has 0 bridgehead atoms. The number of fused-ring (bicyclic) bond motifs is 1. The van der Waals surface area contributed by atoms with E-state index in [0.717, 1.165) is 15.4 Å². The van der Waals surface area contributed by atoms with E-state index in [9.17, 15) is 9.59 Å². The Balaban J connectivity index is 2.11. The first-order valence-electron chi connectivity index (χ1n) is 7.26. The Bertz CT molecular complexity index is 972. The third kappa shape index (κ3) is 2.75. The van der Waals surface area contributed by atoms with Crippen molar-refractivity contribution in [3.05, 3.63) is 87.7 Å². The smallest absolute Gasteiger partial charge is 0.249 e. The summed E-state index contributed by atoms with van der Waals surface area (Å²) in [6.45, 7) is 1.77. The number of aromatic nitrogens is 1. The highest BCUT2D eigenvalue weighted by molar-refractivity contribution is 6.15. The second kappa shape index (κ2) is 6.09. The number of ketones is 1. The quantitative estimate of drug-likeness (QED) is 0.423. The molecule has 23 heavy (non-hydrogen) atoms. The van der Waals surface area contributed by atoms with Crippen LogP contribution in [-0.4, -0.2) is 18.2 Å². The third-order valence-electron chi connectivity index (χ3n) is 3.85. The van der Waals surface area contributed by atoms with Crippen LogP contribution in [0.4, 0.5) is 0 Å². The molecule has 0 N–H and O–H groups in total. The molecule has 1 heterocycles. The molecule has 4 heteroatoms. The second-order valence-corrected chi connectivity index (χ2v) is 5.30. The van der Waals surface area contributed by atoms with Gasteiger partial charge in [-0.3, -0.25) is 9.59 Å². The lowest BCUT2D eigenvalue weighted by Gasteiger charge is -2.11. The van der Waals surface area contributed by atoms with Gasteiger partial charge in [0, 0.05) is 10.9 Å². The van der Waals surface area contributed by atoms with Crippen LogP contribution in [0.2, 0.25) is 0 Å². The molecule has 0 saturated heterocycles. The van der Waals surface area contributed by atoms with Crippen molar-refractivity contribution in [2.45, 2.75) is 6.92 Å². The van der Waals surface area contributed by atoms with Crippen molar-refractivity contribution in [2.24, 2.45) is 0 Å². The van der Waals surface area contributed by atoms with E-state index >= 15 is 0 Å². The molecule has 3 nitrogen and oxygen atoms in total. The van der Waals surface area contributed by atoms with Gasteiger partial charge in [0.15, 0.2) is 5.78 Å². The number of para-hydroxylation sites is 1. The Morgan fingerprint density at radius 1 is 1.04 bits per heavy atom. The molecule has 2 radical (unpaired) electrons. The van der Waals surface area contributed by atoms with Gasteiger partial charge in [0.1, 0.15) is 0 Å². The monoisotopic (exact) mass is 299 g/mol. The summed E-state index contributed by atoms with van der Waals surface area (Å²) < 4.78 is 1.03. The molecule has 0 amide bonds. The van der Waals surface area contributed by atoms with E-state index in [0.29, 0.717) is 11.1 Å². The van der Waals surface area contributed by atoms with Crippen molar-refractivity contribution >= 4 is 30.7 Å². The largest absolute Gasteiger partial charge is 0.365 e. The summed E-state index contributed by atoms with van der Waals surface area (Å²) in [6.07, 6.45) is 3.10. The van der Waals surface area contributed by atoms with Crippen molar-refractivity contribution in [2.75, 3.05) is 0 Å². The predicted octanol–water partition coefficient (Wildman–Crippen LogP) is 3.14. The molecule has 2 aromatic carbocycles. The Hall–Kier alpha value is -2.88. The van der Waals surface area contributed by atoms with Crippen LogP contribution in [0.25, 0.3) is 17.0 Å². The van der Waals surface area contributed by atoms with E-state index in [1.54, 1.807) is 25.1 Å². The molecular formula is C19H14BNO2. The molecule has 0 atom stereocenters. The second-order valence-electron chi connectivity index (χ2n) is 5.30. The molecular weight excluding hydrogens is 285 g/mol. The number of carbonyl (C=O) groups excluding carboxylic acids is 1. The molecule has 3 aromatic rings. The van der Waals surface area contributed by atoms with Gasteiger partial charge in [-0.05, 0) is 30.2 Å². The van der Waals surface area contributed by atoms with Crippen LogP contribution in [0.3, 0.4) is 0 Å². The van der Waals surface area contributed by atoms with E-state index < -0.39 is 5.56 Å². The number of nitrogens with zero attached hydrogens (tertiary/aromatic N) is 1. The fourth-order valence-electron chi connectivity index (χ4n) is 2.64. The summed E-state index contributed by atoms with van der Waals surface area (Å²) in [6, 6.07) is 16.7. The maximum Gasteiger partial charge on any atom is 0.249 e. The van der Waals surface area contributed by atoms with Crippen molar-refractivity contribution in [3.63, 3.8) is 0 Å². The lowest BCUT2D eigenvalue weighted by molar-refractivity contribution is 0.104. The SMILES string of the molecule is [B]n1c(=O)c(C(=O)/C=C/c2ccccc2)c(C)c2ccccc21. The highest BCUT2D eigenvalue weighted by atomic mass is 16.1. The number of allylic oxidation sites excluding steroid dienone is 1. The minimum Gasteiger partial charge on any atom is -0.365 e. The van der Waals surface area contributed by atoms with Crippen LogP contribution in [0, 0.1) is 6.92 Å². The summed E-state index contributed by atoms with van der Waals surface area (Å²) in [5.41, 5.74) is 1.78. The molecule has 0 aliphatic heterocycles. The van der Waals surface area contributed by atoms with Crippen molar-refractivity contribution in [1.29, 1.82) is 0 Å². The van der Waals surface area contributed by atoms with Crippen molar-refractivity contribution in [1.82, 2.24) is 4.48 Å². The molecule has 3 rings (SSSR count). The maximum absolute atomic E-state index is 12.5. The highest BCUT2D eigenvalue weighted by Crippen LogP contribution is 2.19. The number of aryl methyl sites for hydroxylation is 1. The number of carbonyl (C=O) groups is 1. The van der Waals surface area contributed by atoms with Crippen LogP contribution >= 0.6 is 0 Å². The maximum atomic E-state index is 12.5. The van der Waals surface area contributed by atoms with E-state index in [1.165, 1.54) is 6.08 Å². The van der Waals surface area contributed by atoms with E-state index in [2.05, 4.69) is 0 Å². The summed E-state index contributed by atoms with van der Waals surface area (Å²) in [5, 5.41) is 0.797. The number of benzene rings is 2. The first kappa shape index (κ1) is 15.0. The Morgan fingerprint density at radius 3 is 2.43 bits per heavy atom. The van der Waals surface area contributed by atoms with Crippen LogP contribution < -0.4 is 5.56 Å². The zero-order chi connectivity index (χ0) is 16.4. The van der Waals surface area contributed by atoms with Gasteiger partial charge in [-0.1, -0.05) is 54.6 Å². The molecule has 0 aliphatic rings. The highest BCUT2D eigenvalue weighted by Gasteiger charge is 2.16. The summed E-state index contributed by atoms with van der Waals surface area (Å²) in [4.78, 5) is 24.9. The minimum absolute atomic E-state index is 0.110. The molecule has 0 aliphatic carbocycles. The van der Waals surface area contributed by atoms with Crippen molar-refractivity contribution < 1.29 is 4.79 Å². The molecule has 1 aromatic heterocycles. The summed E-state index contributed by atoms with van der Waals surface area (Å²) in [5.74, 6) is -0.346. The average molecular weight is 299 g/mol. The summed E-state index contributed by atoms with van der Waals surface area (Å²) >= 11 is 0. The molecule has 0 spiro atoms. The van der Waals surface area contributed by atoms with Crippen LogP contribution in [0.15, 0.2) is 65.5 Å². The fraction of sp³-hybridized carbons (Fsp3) is 0.0526. The number of hydrogen-bond donors (Lipinski definition) is 0. The third-order valence-corrected chi connectivity index (χ3v) is 3.85. The van der Waals surface area contributed by atoms with Gasteiger partial charge in [-0.25, -0.2) is 0 Å². The van der Waals surface area contributed by atoms with Crippen LogP contribution in [0.5, 0.6) is 0 Å². The molecule has 0 unspecified atom stereocenters. The fourth-order valence-corrected chi connectivity index (χ4v) is 2.64. The predicted molar refractivity (Wildman–Crippen MR) is 93.9 cm³/mol. The number of rotatable bonds is 3. The Labute approximate surface area is 135 Å². The van der Waals surface area contributed by atoms with Gasteiger partial charge < -0.3 is 4.48 Å².